The molecule has 0 fully saturated rings. The summed E-state index contributed by atoms with van der Waals surface area (Å²) in [6, 6.07) is 20.0. The van der Waals surface area contributed by atoms with E-state index in [9.17, 15) is 22.8 Å². The van der Waals surface area contributed by atoms with Gasteiger partial charge in [-0.1, -0.05) is 36.4 Å². The summed E-state index contributed by atoms with van der Waals surface area (Å²) in [6.07, 6.45) is 0.0108. The SMILES string of the molecule is NOC(=O)c1cccc2cn(-c3ccc(NC(=O)c4cncc5ccccc45)cc3)nc12.O=C(O)C(F)(F)F. The maximum Gasteiger partial charge on any atom is 0.490 e. The molecule has 0 atom stereocenters. The summed E-state index contributed by atoms with van der Waals surface area (Å²) in [5.41, 5.74) is 2.68. The van der Waals surface area contributed by atoms with Gasteiger partial charge in [0.15, 0.2) is 0 Å². The van der Waals surface area contributed by atoms with Crippen LogP contribution in [0.15, 0.2) is 85.3 Å². The first-order valence-electron chi connectivity index (χ1n) is 11.0. The number of carboxylic acids is 1. The van der Waals surface area contributed by atoms with E-state index < -0.39 is 18.1 Å². The summed E-state index contributed by atoms with van der Waals surface area (Å²) in [5, 5.41) is 17.0. The molecule has 4 N–H and O–H groups in total. The molecule has 198 valence electrons. The lowest BCUT2D eigenvalue weighted by atomic mass is 10.1. The van der Waals surface area contributed by atoms with Crippen LogP contribution in [0.1, 0.15) is 20.7 Å². The fourth-order valence-corrected chi connectivity index (χ4v) is 3.60. The Morgan fingerprint density at radius 2 is 1.56 bits per heavy atom. The fraction of sp³-hybridized carbons (Fsp3) is 0.0385. The van der Waals surface area contributed by atoms with Crippen LogP contribution in [0.5, 0.6) is 0 Å². The Morgan fingerprint density at radius 3 is 2.23 bits per heavy atom. The van der Waals surface area contributed by atoms with E-state index >= 15 is 0 Å². The molecule has 0 saturated heterocycles. The fourth-order valence-electron chi connectivity index (χ4n) is 3.60. The van der Waals surface area contributed by atoms with Gasteiger partial charge in [0.05, 0.1) is 16.8 Å². The highest BCUT2D eigenvalue weighted by Gasteiger charge is 2.38. The highest BCUT2D eigenvalue weighted by molar-refractivity contribution is 6.12. The van der Waals surface area contributed by atoms with Gasteiger partial charge in [-0.2, -0.15) is 24.2 Å². The number of nitrogens with one attached hydrogen (secondary N) is 1. The Hall–Kier alpha value is -5.30. The lowest BCUT2D eigenvalue weighted by molar-refractivity contribution is -0.192. The molecule has 5 rings (SSSR count). The molecule has 0 unspecified atom stereocenters. The molecule has 2 heterocycles. The highest BCUT2D eigenvalue weighted by atomic mass is 19.4. The van der Waals surface area contributed by atoms with Crippen LogP contribution in [0.2, 0.25) is 0 Å². The molecule has 5 aromatic rings. The maximum atomic E-state index is 12.8. The molecule has 13 heteroatoms. The van der Waals surface area contributed by atoms with Gasteiger partial charge in [0.2, 0.25) is 0 Å². The van der Waals surface area contributed by atoms with E-state index in [-0.39, 0.29) is 11.5 Å². The number of anilines is 1. The third-order valence-corrected chi connectivity index (χ3v) is 5.41. The van der Waals surface area contributed by atoms with Crippen LogP contribution in [0.3, 0.4) is 0 Å². The summed E-state index contributed by atoms with van der Waals surface area (Å²) < 4.78 is 33.4. The van der Waals surface area contributed by atoms with Gasteiger partial charge in [-0.05, 0) is 35.7 Å². The molecule has 1 amide bonds. The summed E-state index contributed by atoms with van der Waals surface area (Å²) >= 11 is 0. The van der Waals surface area contributed by atoms with E-state index in [0.29, 0.717) is 16.8 Å². The topological polar surface area (TPSA) is 149 Å². The van der Waals surface area contributed by atoms with Crippen molar-refractivity contribution in [2.75, 3.05) is 5.32 Å². The van der Waals surface area contributed by atoms with Crippen molar-refractivity contribution < 1.29 is 37.5 Å². The second-order valence-corrected chi connectivity index (χ2v) is 7.93. The molecule has 39 heavy (non-hydrogen) atoms. The monoisotopic (exact) mass is 537 g/mol. The van der Waals surface area contributed by atoms with Crippen LogP contribution in [0, 0.1) is 0 Å². The first-order chi connectivity index (χ1) is 18.6. The zero-order chi connectivity index (χ0) is 28.2. The number of rotatable bonds is 4. The zero-order valence-electron chi connectivity index (χ0n) is 19.7. The van der Waals surface area contributed by atoms with Crippen molar-refractivity contribution in [3.63, 3.8) is 0 Å². The molecule has 0 aliphatic rings. The van der Waals surface area contributed by atoms with Crippen molar-refractivity contribution in [2.45, 2.75) is 6.18 Å². The molecular weight excluding hydrogens is 519 g/mol. The second kappa shape index (κ2) is 11.0. The van der Waals surface area contributed by atoms with Crippen molar-refractivity contribution in [1.82, 2.24) is 14.8 Å². The van der Waals surface area contributed by atoms with Gasteiger partial charge in [-0.25, -0.2) is 14.3 Å². The summed E-state index contributed by atoms with van der Waals surface area (Å²) in [6.45, 7) is 0. The number of alkyl halides is 3. The predicted molar refractivity (Wildman–Crippen MR) is 134 cm³/mol. The Labute approximate surface area is 217 Å². The van der Waals surface area contributed by atoms with Gasteiger partial charge < -0.3 is 15.3 Å². The molecule has 2 aromatic heterocycles. The van der Waals surface area contributed by atoms with E-state index in [0.717, 1.165) is 21.8 Å². The Balaban J connectivity index is 0.000000448. The number of carboxylic acid groups (broad SMARTS) is 1. The Bertz CT molecular complexity index is 1680. The number of halogens is 3. The zero-order valence-corrected chi connectivity index (χ0v) is 19.7. The number of carbonyl (C=O) groups excluding carboxylic acids is 2. The van der Waals surface area contributed by atoms with E-state index in [1.165, 1.54) is 0 Å². The predicted octanol–water partition coefficient (Wildman–Crippen LogP) is 4.49. The van der Waals surface area contributed by atoms with Crippen LogP contribution < -0.4 is 11.2 Å². The molecule has 0 saturated carbocycles. The van der Waals surface area contributed by atoms with E-state index in [1.54, 1.807) is 47.5 Å². The number of nitrogens with two attached hydrogens (primary N) is 1. The average Bonchev–Trinajstić information content (AvgIpc) is 3.37. The normalized spacial score (nSPS) is 11.0. The van der Waals surface area contributed by atoms with Crippen molar-refractivity contribution in [3.05, 3.63) is 96.4 Å². The second-order valence-electron chi connectivity index (χ2n) is 7.93. The molecular formula is C26H18F3N5O5. The lowest BCUT2D eigenvalue weighted by Crippen LogP contribution is -2.21. The van der Waals surface area contributed by atoms with Gasteiger partial charge in [0.25, 0.3) is 5.91 Å². The number of aromatic nitrogens is 3. The first kappa shape index (κ1) is 26.8. The van der Waals surface area contributed by atoms with Gasteiger partial charge >= 0.3 is 18.1 Å². The van der Waals surface area contributed by atoms with E-state index in [1.807, 2.05) is 42.5 Å². The highest BCUT2D eigenvalue weighted by Crippen LogP contribution is 2.22. The molecule has 0 bridgehead atoms. The maximum absolute atomic E-state index is 12.8. The van der Waals surface area contributed by atoms with E-state index in [4.69, 9.17) is 15.8 Å². The number of hydrogen-bond donors (Lipinski definition) is 3. The van der Waals surface area contributed by atoms with E-state index in [2.05, 4.69) is 20.2 Å². The molecule has 3 aromatic carbocycles. The molecule has 10 nitrogen and oxygen atoms in total. The minimum absolute atomic E-state index is 0.239. The van der Waals surface area contributed by atoms with Gasteiger partial charge in [0, 0.05) is 35.1 Å². The molecule has 0 spiro atoms. The smallest absolute Gasteiger partial charge is 0.475 e. The van der Waals surface area contributed by atoms with Gasteiger partial charge in [0.1, 0.15) is 5.52 Å². The number of amides is 1. The van der Waals surface area contributed by atoms with Crippen molar-refractivity contribution in [2.24, 2.45) is 5.90 Å². The average molecular weight is 537 g/mol. The molecule has 0 aliphatic carbocycles. The summed E-state index contributed by atoms with van der Waals surface area (Å²) in [5.74, 6) is 1.37. The van der Waals surface area contributed by atoms with Crippen LogP contribution >= 0.6 is 0 Å². The largest absolute Gasteiger partial charge is 0.490 e. The number of fused-ring (bicyclic) bond motifs is 2. The minimum atomic E-state index is -5.08. The third-order valence-electron chi connectivity index (χ3n) is 5.41. The number of aliphatic carboxylic acids is 1. The van der Waals surface area contributed by atoms with Crippen molar-refractivity contribution >= 4 is 45.2 Å². The van der Waals surface area contributed by atoms with Crippen LogP contribution in [0.25, 0.3) is 27.4 Å². The standard InChI is InChI=1S/C24H17N5O3.C2HF3O2/c25-32-24(31)20-7-3-5-16-14-29(28-22(16)20)18-10-8-17(9-11-18)27-23(30)21-13-26-12-15-4-1-2-6-19(15)21;3-2(4,5)1(6)7/h1-14H,25H2,(H,27,30);(H,6,7). The van der Waals surface area contributed by atoms with Crippen LogP contribution in [0.4, 0.5) is 18.9 Å². The molecule has 0 aliphatic heterocycles. The van der Waals surface area contributed by atoms with Crippen LogP contribution in [-0.4, -0.2) is 43.9 Å². The first-order valence-corrected chi connectivity index (χ1v) is 11.0. The van der Waals surface area contributed by atoms with Gasteiger partial charge in [-0.15, -0.1) is 0 Å². The number of nitrogens with zero attached hydrogens (tertiary/aromatic N) is 3. The number of pyridine rings is 1. The Kier molecular flexibility index (Phi) is 7.53. The Morgan fingerprint density at radius 1 is 0.897 bits per heavy atom. The quantitative estimate of drug-likeness (QED) is 0.284. The van der Waals surface area contributed by atoms with Crippen LogP contribution in [-0.2, 0) is 9.63 Å². The van der Waals surface area contributed by atoms with Crippen molar-refractivity contribution in [1.29, 1.82) is 0 Å². The third kappa shape index (κ3) is 5.99. The number of carbonyl (C=O) groups is 3. The van der Waals surface area contributed by atoms with Gasteiger partial charge in [-0.3, -0.25) is 9.78 Å². The number of hydrogen-bond acceptors (Lipinski definition) is 7. The lowest BCUT2D eigenvalue weighted by Gasteiger charge is -2.08. The van der Waals surface area contributed by atoms with Crippen molar-refractivity contribution in [3.8, 4) is 5.69 Å². The summed E-state index contributed by atoms with van der Waals surface area (Å²) in [7, 11) is 0. The summed E-state index contributed by atoms with van der Waals surface area (Å²) in [4.78, 5) is 42.1. The number of benzene rings is 3. The minimum Gasteiger partial charge on any atom is -0.475 e. The molecule has 0 radical (unpaired) electrons.